The van der Waals surface area contributed by atoms with Crippen LogP contribution in [0.4, 0.5) is 0 Å². The number of carbonyl (C=O) groups excluding carboxylic acids is 1. The van der Waals surface area contributed by atoms with Crippen LogP contribution in [0, 0.1) is 0 Å². The molecule has 0 aromatic carbocycles. The molecule has 0 aromatic heterocycles. The summed E-state index contributed by atoms with van der Waals surface area (Å²) in [7, 11) is 1.37. The minimum Gasteiger partial charge on any atom is -0.480 e. The summed E-state index contributed by atoms with van der Waals surface area (Å²) in [6.45, 7) is 3.35. The second-order valence-electron chi connectivity index (χ2n) is 2.76. The second kappa shape index (κ2) is 7.08. The van der Waals surface area contributed by atoms with Crippen LogP contribution in [-0.4, -0.2) is 36.7 Å². The Morgan fingerprint density at radius 2 is 2.29 bits per heavy atom. The molecule has 0 spiro atoms. The van der Waals surface area contributed by atoms with Gasteiger partial charge in [-0.1, -0.05) is 6.08 Å². The SMILES string of the molecule is C=CCCC(NC(=O)COC)C(=O)O. The van der Waals surface area contributed by atoms with Crippen LogP contribution in [0.25, 0.3) is 0 Å². The fourth-order valence-corrected chi connectivity index (χ4v) is 0.909. The van der Waals surface area contributed by atoms with Gasteiger partial charge in [0, 0.05) is 7.11 Å². The fraction of sp³-hybridized carbons (Fsp3) is 0.556. The smallest absolute Gasteiger partial charge is 0.326 e. The molecule has 80 valence electrons. The Hall–Kier alpha value is -1.36. The van der Waals surface area contributed by atoms with Crippen molar-refractivity contribution < 1.29 is 19.4 Å². The molecule has 0 aromatic rings. The van der Waals surface area contributed by atoms with Crippen LogP contribution in [-0.2, 0) is 14.3 Å². The zero-order valence-electron chi connectivity index (χ0n) is 8.16. The number of hydrogen-bond donors (Lipinski definition) is 2. The van der Waals surface area contributed by atoms with E-state index < -0.39 is 17.9 Å². The summed E-state index contributed by atoms with van der Waals surface area (Å²) in [5, 5.41) is 11.1. The van der Waals surface area contributed by atoms with Crippen molar-refractivity contribution in [3.05, 3.63) is 12.7 Å². The lowest BCUT2D eigenvalue weighted by atomic mass is 10.1. The van der Waals surface area contributed by atoms with E-state index in [1.54, 1.807) is 6.08 Å². The number of nitrogens with one attached hydrogen (secondary N) is 1. The molecular weight excluding hydrogens is 186 g/mol. The van der Waals surface area contributed by atoms with Crippen LogP contribution < -0.4 is 5.32 Å². The van der Waals surface area contributed by atoms with Gasteiger partial charge in [0.2, 0.25) is 5.91 Å². The van der Waals surface area contributed by atoms with Crippen LogP contribution in [0.5, 0.6) is 0 Å². The number of ether oxygens (including phenoxy) is 1. The van der Waals surface area contributed by atoms with E-state index in [1.807, 2.05) is 0 Å². The van der Waals surface area contributed by atoms with Crippen molar-refractivity contribution in [1.82, 2.24) is 5.32 Å². The number of carbonyl (C=O) groups is 2. The topological polar surface area (TPSA) is 75.6 Å². The van der Waals surface area contributed by atoms with Gasteiger partial charge in [-0.15, -0.1) is 6.58 Å². The number of aliphatic carboxylic acids is 1. The standard InChI is InChI=1S/C9H15NO4/c1-3-4-5-7(9(12)13)10-8(11)6-14-2/h3,7H,1,4-6H2,2H3,(H,10,11)(H,12,13). The highest BCUT2D eigenvalue weighted by Crippen LogP contribution is 1.98. The summed E-state index contributed by atoms with van der Waals surface area (Å²) < 4.78 is 4.56. The molecule has 1 amide bonds. The maximum Gasteiger partial charge on any atom is 0.326 e. The molecule has 0 rings (SSSR count). The van der Waals surface area contributed by atoms with Crippen molar-refractivity contribution >= 4 is 11.9 Å². The molecule has 0 saturated carbocycles. The summed E-state index contributed by atoms with van der Waals surface area (Å²) in [6.07, 6.45) is 2.50. The first kappa shape index (κ1) is 12.6. The van der Waals surface area contributed by atoms with Crippen LogP contribution in [0.2, 0.25) is 0 Å². The summed E-state index contributed by atoms with van der Waals surface area (Å²) in [6, 6.07) is -0.865. The second-order valence-corrected chi connectivity index (χ2v) is 2.76. The van der Waals surface area contributed by atoms with E-state index in [4.69, 9.17) is 5.11 Å². The summed E-state index contributed by atoms with van der Waals surface area (Å²) in [5.41, 5.74) is 0. The Labute approximate surface area is 82.7 Å². The van der Waals surface area contributed by atoms with Gasteiger partial charge in [-0.3, -0.25) is 4.79 Å². The molecule has 0 bridgehead atoms. The third kappa shape index (κ3) is 5.31. The normalized spacial score (nSPS) is 11.8. The highest BCUT2D eigenvalue weighted by Gasteiger charge is 2.18. The molecule has 0 fully saturated rings. The molecule has 1 atom stereocenters. The van der Waals surface area contributed by atoms with Gasteiger partial charge >= 0.3 is 5.97 Å². The molecule has 2 N–H and O–H groups in total. The molecule has 0 aliphatic rings. The number of methoxy groups -OCH3 is 1. The van der Waals surface area contributed by atoms with Gasteiger partial charge in [0.15, 0.2) is 0 Å². The molecule has 0 radical (unpaired) electrons. The van der Waals surface area contributed by atoms with Crippen molar-refractivity contribution in [2.24, 2.45) is 0 Å². The summed E-state index contributed by atoms with van der Waals surface area (Å²) >= 11 is 0. The Balaban J connectivity index is 4.01. The van der Waals surface area contributed by atoms with E-state index in [9.17, 15) is 9.59 Å². The van der Waals surface area contributed by atoms with Crippen LogP contribution in [0.1, 0.15) is 12.8 Å². The Morgan fingerprint density at radius 3 is 2.71 bits per heavy atom. The first-order valence-electron chi connectivity index (χ1n) is 4.23. The number of allylic oxidation sites excluding steroid dienone is 1. The van der Waals surface area contributed by atoms with Gasteiger partial charge in [-0.2, -0.15) is 0 Å². The van der Waals surface area contributed by atoms with Crippen LogP contribution in [0.3, 0.4) is 0 Å². The van der Waals surface area contributed by atoms with Crippen molar-refractivity contribution in [1.29, 1.82) is 0 Å². The average Bonchev–Trinajstić information content (AvgIpc) is 2.12. The van der Waals surface area contributed by atoms with Gasteiger partial charge < -0.3 is 15.2 Å². The van der Waals surface area contributed by atoms with E-state index in [-0.39, 0.29) is 6.61 Å². The zero-order chi connectivity index (χ0) is 11.0. The van der Waals surface area contributed by atoms with E-state index in [0.717, 1.165) is 0 Å². The number of carboxylic acids is 1. The first-order chi connectivity index (χ1) is 6.61. The summed E-state index contributed by atoms with van der Waals surface area (Å²) in [5.74, 6) is -1.47. The number of rotatable bonds is 7. The first-order valence-corrected chi connectivity index (χ1v) is 4.23. The highest BCUT2D eigenvalue weighted by atomic mass is 16.5. The monoisotopic (exact) mass is 201 g/mol. The minimum absolute atomic E-state index is 0.127. The highest BCUT2D eigenvalue weighted by molar-refractivity contribution is 5.84. The van der Waals surface area contributed by atoms with Crippen molar-refractivity contribution in [2.75, 3.05) is 13.7 Å². The van der Waals surface area contributed by atoms with Gasteiger partial charge in [-0.05, 0) is 12.8 Å². The maximum absolute atomic E-state index is 11.0. The average molecular weight is 201 g/mol. The maximum atomic E-state index is 11.0. The predicted molar refractivity (Wildman–Crippen MR) is 50.9 cm³/mol. The number of carboxylic acid groups (broad SMARTS) is 1. The fourth-order valence-electron chi connectivity index (χ4n) is 0.909. The number of amides is 1. The third-order valence-corrected chi connectivity index (χ3v) is 1.57. The Morgan fingerprint density at radius 1 is 1.64 bits per heavy atom. The van der Waals surface area contributed by atoms with Crippen molar-refractivity contribution in [3.8, 4) is 0 Å². The number of hydrogen-bond acceptors (Lipinski definition) is 3. The van der Waals surface area contributed by atoms with E-state index >= 15 is 0 Å². The van der Waals surface area contributed by atoms with E-state index in [0.29, 0.717) is 12.8 Å². The van der Waals surface area contributed by atoms with Gasteiger partial charge in [0.1, 0.15) is 12.6 Å². The zero-order valence-corrected chi connectivity index (χ0v) is 8.16. The Bertz CT molecular complexity index is 215. The lowest BCUT2D eigenvalue weighted by Crippen LogP contribution is -2.42. The van der Waals surface area contributed by atoms with E-state index in [2.05, 4.69) is 16.6 Å². The molecule has 0 aliphatic heterocycles. The molecule has 0 aliphatic carbocycles. The van der Waals surface area contributed by atoms with Crippen molar-refractivity contribution in [2.45, 2.75) is 18.9 Å². The van der Waals surface area contributed by atoms with Crippen LogP contribution in [0.15, 0.2) is 12.7 Å². The molecule has 0 heterocycles. The van der Waals surface area contributed by atoms with Crippen LogP contribution >= 0.6 is 0 Å². The molecule has 5 nitrogen and oxygen atoms in total. The minimum atomic E-state index is -1.05. The van der Waals surface area contributed by atoms with Gasteiger partial charge in [0.25, 0.3) is 0 Å². The Kier molecular flexibility index (Phi) is 6.39. The third-order valence-electron chi connectivity index (χ3n) is 1.57. The molecule has 0 saturated heterocycles. The van der Waals surface area contributed by atoms with Crippen molar-refractivity contribution in [3.63, 3.8) is 0 Å². The van der Waals surface area contributed by atoms with E-state index in [1.165, 1.54) is 7.11 Å². The predicted octanol–water partition coefficient (Wildman–Crippen LogP) is 0.168. The summed E-state index contributed by atoms with van der Waals surface area (Å²) in [4.78, 5) is 21.7. The lowest BCUT2D eigenvalue weighted by Gasteiger charge is -2.12. The molecule has 5 heteroatoms. The molecule has 14 heavy (non-hydrogen) atoms. The van der Waals surface area contributed by atoms with Gasteiger partial charge in [0.05, 0.1) is 0 Å². The lowest BCUT2D eigenvalue weighted by molar-refractivity contribution is -0.142. The quantitative estimate of drug-likeness (QED) is 0.576. The molecule has 1 unspecified atom stereocenters. The molecular formula is C9H15NO4. The van der Waals surface area contributed by atoms with Gasteiger partial charge in [-0.25, -0.2) is 4.79 Å². The largest absolute Gasteiger partial charge is 0.480 e.